The minimum Gasteiger partial charge on any atom is -0.450 e. The molecule has 0 bridgehead atoms. The van der Waals surface area contributed by atoms with Crippen molar-refractivity contribution in [2.24, 2.45) is 0 Å². The molecule has 0 spiro atoms. The Morgan fingerprint density at radius 2 is 1.14 bits per heavy atom. The summed E-state index contributed by atoms with van der Waals surface area (Å²) in [6.07, 6.45) is -0.733. The van der Waals surface area contributed by atoms with Crippen molar-refractivity contribution in [3.8, 4) is 0 Å². The average Bonchev–Trinajstić information content (AvgIpc) is 2.86. The summed E-state index contributed by atoms with van der Waals surface area (Å²) in [4.78, 5) is 55.6. The maximum atomic E-state index is 12.8. The van der Waals surface area contributed by atoms with Gasteiger partial charge in [-0.25, -0.2) is 19.2 Å². The van der Waals surface area contributed by atoms with E-state index in [1.165, 1.54) is 0 Å². The molecule has 12 nitrogen and oxygen atoms in total. The number of rotatable bonds is 4. The third-order valence-corrected chi connectivity index (χ3v) is 5.92. The predicted octanol–water partition coefficient (Wildman–Crippen LogP) is 2.61. The van der Waals surface area contributed by atoms with E-state index >= 15 is 0 Å². The molecule has 2 N–H and O–H groups in total. The summed E-state index contributed by atoms with van der Waals surface area (Å²) in [5.41, 5.74) is 1.99. The largest absolute Gasteiger partial charge is 0.450 e. The van der Waals surface area contributed by atoms with E-state index in [4.69, 9.17) is 9.47 Å². The molecule has 3 rings (SSSR count). The lowest BCUT2D eigenvalue weighted by molar-refractivity contribution is 0.0865. The average molecular weight is 491 g/mol. The lowest BCUT2D eigenvalue weighted by atomic mass is 10.2. The van der Waals surface area contributed by atoms with E-state index in [2.05, 4.69) is 10.6 Å². The molecular formula is C23H34N6O6. The zero-order valence-corrected chi connectivity index (χ0v) is 20.5. The smallest absolute Gasteiger partial charge is 0.409 e. The van der Waals surface area contributed by atoms with Gasteiger partial charge in [-0.05, 0) is 38.5 Å². The van der Waals surface area contributed by atoms with Crippen LogP contribution in [0.15, 0.2) is 18.2 Å². The van der Waals surface area contributed by atoms with Crippen LogP contribution in [-0.4, -0.2) is 109 Å². The Balaban J connectivity index is 1.52. The lowest BCUT2D eigenvalue weighted by Gasteiger charge is -2.34. The number of hydrogen-bond acceptors (Lipinski definition) is 6. The summed E-state index contributed by atoms with van der Waals surface area (Å²) < 4.78 is 10.0. The highest BCUT2D eigenvalue weighted by molar-refractivity contribution is 5.93. The van der Waals surface area contributed by atoms with Gasteiger partial charge >= 0.3 is 24.2 Å². The van der Waals surface area contributed by atoms with Crippen molar-refractivity contribution in [3.05, 3.63) is 23.8 Å². The molecule has 0 radical (unpaired) electrons. The third kappa shape index (κ3) is 6.90. The number of piperazine rings is 2. The molecule has 12 heteroatoms. The Morgan fingerprint density at radius 1 is 0.714 bits per heavy atom. The molecule has 2 fully saturated rings. The summed E-state index contributed by atoms with van der Waals surface area (Å²) >= 11 is 0. The van der Waals surface area contributed by atoms with Gasteiger partial charge in [0, 0.05) is 63.7 Å². The van der Waals surface area contributed by atoms with Crippen LogP contribution in [0.3, 0.4) is 0 Å². The number of nitrogens with one attached hydrogen (secondary N) is 2. The lowest BCUT2D eigenvalue weighted by Crippen LogP contribution is -2.52. The van der Waals surface area contributed by atoms with Gasteiger partial charge < -0.3 is 39.7 Å². The van der Waals surface area contributed by atoms with Crippen molar-refractivity contribution in [2.75, 3.05) is 76.2 Å². The molecule has 0 saturated carbocycles. The van der Waals surface area contributed by atoms with Crippen LogP contribution < -0.4 is 10.6 Å². The van der Waals surface area contributed by atoms with Crippen LogP contribution in [-0.2, 0) is 9.47 Å². The highest BCUT2D eigenvalue weighted by atomic mass is 16.6. The van der Waals surface area contributed by atoms with Gasteiger partial charge in [0.1, 0.15) is 0 Å². The number of ether oxygens (including phenoxy) is 2. The minimum absolute atomic E-state index is 0.268. The SMILES string of the molecule is CCOC(=O)N1CCN(C(=O)Nc2ccc(C)c(NC(=O)N3CCN(C(=O)OCC)CC3)c2)CC1. The number of anilines is 2. The summed E-state index contributed by atoms with van der Waals surface area (Å²) in [6, 6.07) is 4.77. The molecule has 6 amide bonds. The van der Waals surface area contributed by atoms with E-state index in [9.17, 15) is 19.2 Å². The number of benzene rings is 1. The fourth-order valence-electron chi connectivity index (χ4n) is 3.84. The van der Waals surface area contributed by atoms with Crippen LogP contribution in [0.1, 0.15) is 19.4 Å². The Morgan fingerprint density at radius 3 is 1.60 bits per heavy atom. The molecule has 0 atom stereocenters. The molecule has 0 aliphatic carbocycles. The quantitative estimate of drug-likeness (QED) is 0.669. The molecule has 1 aromatic carbocycles. The standard InChI is InChI=1S/C23H34N6O6/c1-4-34-22(32)28-12-8-26(9-13-28)20(30)24-18-7-6-17(3)19(16-18)25-21(31)27-10-14-29(15-11-27)23(33)35-5-2/h6-7,16H,4-5,8-15H2,1-3H3,(H,24,30)(H,25,31). The van der Waals surface area contributed by atoms with Gasteiger partial charge in [0.25, 0.3) is 0 Å². The van der Waals surface area contributed by atoms with Gasteiger partial charge in [-0.15, -0.1) is 0 Å². The van der Waals surface area contributed by atoms with Gasteiger partial charge in [0.05, 0.1) is 13.2 Å². The van der Waals surface area contributed by atoms with Gasteiger partial charge in [-0.2, -0.15) is 0 Å². The Kier molecular flexibility index (Phi) is 8.98. The van der Waals surface area contributed by atoms with Gasteiger partial charge in [-0.1, -0.05) is 6.07 Å². The Bertz CT molecular complexity index is 925. The summed E-state index contributed by atoms with van der Waals surface area (Å²) in [6.45, 7) is 9.25. The third-order valence-electron chi connectivity index (χ3n) is 5.92. The number of hydrogen-bond donors (Lipinski definition) is 2. The number of carbonyl (C=O) groups is 4. The zero-order valence-electron chi connectivity index (χ0n) is 20.5. The van der Waals surface area contributed by atoms with Crippen LogP contribution in [0, 0.1) is 6.92 Å². The maximum absolute atomic E-state index is 12.8. The summed E-state index contributed by atoms with van der Waals surface area (Å²) in [5, 5.41) is 5.76. The van der Waals surface area contributed by atoms with Gasteiger partial charge in [0.15, 0.2) is 0 Å². The second-order valence-electron chi connectivity index (χ2n) is 8.24. The Hall–Kier alpha value is -3.70. The summed E-state index contributed by atoms with van der Waals surface area (Å²) in [7, 11) is 0. The number of nitrogens with zero attached hydrogens (tertiary/aromatic N) is 4. The first-order valence-electron chi connectivity index (χ1n) is 11.9. The first-order chi connectivity index (χ1) is 16.8. The summed E-state index contributed by atoms with van der Waals surface area (Å²) in [5.74, 6) is 0. The van der Waals surface area contributed by atoms with Crippen LogP contribution in [0.2, 0.25) is 0 Å². The molecular weight excluding hydrogens is 456 g/mol. The van der Waals surface area contributed by atoms with E-state index in [0.717, 1.165) is 5.56 Å². The molecule has 192 valence electrons. The van der Waals surface area contributed by atoms with Crippen molar-refractivity contribution >= 4 is 35.6 Å². The maximum Gasteiger partial charge on any atom is 0.409 e. The molecule has 35 heavy (non-hydrogen) atoms. The van der Waals surface area contributed by atoms with Crippen molar-refractivity contribution in [1.29, 1.82) is 0 Å². The van der Waals surface area contributed by atoms with E-state index in [0.29, 0.717) is 76.9 Å². The first kappa shape index (κ1) is 25.9. The number of urea groups is 2. The first-order valence-corrected chi connectivity index (χ1v) is 11.9. The van der Waals surface area contributed by atoms with Crippen molar-refractivity contribution in [1.82, 2.24) is 19.6 Å². The molecule has 2 aliphatic rings. The Labute approximate surface area is 205 Å². The highest BCUT2D eigenvalue weighted by Crippen LogP contribution is 2.22. The van der Waals surface area contributed by atoms with Gasteiger partial charge in [-0.3, -0.25) is 0 Å². The minimum atomic E-state index is -0.367. The second-order valence-corrected chi connectivity index (χ2v) is 8.24. The monoisotopic (exact) mass is 490 g/mol. The van der Waals surface area contributed by atoms with Crippen LogP contribution >= 0.6 is 0 Å². The topological polar surface area (TPSA) is 124 Å². The van der Waals surface area contributed by atoms with E-state index in [1.807, 2.05) is 13.0 Å². The zero-order chi connectivity index (χ0) is 25.4. The van der Waals surface area contributed by atoms with Gasteiger partial charge in [0.2, 0.25) is 0 Å². The highest BCUT2D eigenvalue weighted by Gasteiger charge is 2.26. The molecule has 0 aromatic heterocycles. The van der Waals surface area contributed by atoms with E-state index in [1.54, 1.807) is 45.6 Å². The predicted molar refractivity (Wildman–Crippen MR) is 130 cm³/mol. The normalized spacial score (nSPS) is 16.0. The number of aryl methyl sites for hydroxylation is 1. The van der Waals surface area contributed by atoms with Crippen molar-refractivity contribution < 1.29 is 28.7 Å². The number of carbonyl (C=O) groups excluding carboxylic acids is 4. The van der Waals surface area contributed by atoms with Crippen molar-refractivity contribution in [2.45, 2.75) is 20.8 Å². The molecule has 2 saturated heterocycles. The van der Waals surface area contributed by atoms with E-state index in [-0.39, 0.29) is 24.2 Å². The van der Waals surface area contributed by atoms with Crippen LogP contribution in [0.5, 0.6) is 0 Å². The van der Waals surface area contributed by atoms with Crippen molar-refractivity contribution in [3.63, 3.8) is 0 Å². The fraction of sp³-hybridized carbons (Fsp3) is 0.565. The molecule has 0 unspecified atom stereocenters. The molecule has 1 aromatic rings. The second kappa shape index (κ2) is 12.1. The molecule has 2 heterocycles. The fourth-order valence-corrected chi connectivity index (χ4v) is 3.84. The van der Waals surface area contributed by atoms with Crippen LogP contribution in [0.25, 0.3) is 0 Å². The number of amides is 6. The van der Waals surface area contributed by atoms with E-state index < -0.39 is 0 Å². The molecule has 2 aliphatic heterocycles. The van der Waals surface area contributed by atoms with Crippen LogP contribution in [0.4, 0.5) is 30.6 Å².